The van der Waals surface area contributed by atoms with Gasteiger partial charge in [0.1, 0.15) is 0 Å². The van der Waals surface area contributed by atoms with Gasteiger partial charge in [-0.1, -0.05) is 6.07 Å². The highest BCUT2D eigenvalue weighted by molar-refractivity contribution is 5.80. The summed E-state index contributed by atoms with van der Waals surface area (Å²) in [6.07, 6.45) is 9.15. The van der Waals surface area contributed by atoms with Crippen molar-refractivity contribution < 1.29 is 14.6 Å². The Bertz CT molecular complexity index is 520. The number of aromatic hydroxyl groups is 1. The SMILES string of the molecule is COc1cccc(C=O)c1O.NC12CC3CC(CC(C3)C1)C2. The first-order valence-corrected chi connectivity index (χ1v) is 8.13. The number of carbonyl (C=O) groups is 1. The Morgan fingerprint density at radius 3 is 2.14 bits per heavy atom. The van der Waals surface area contributed by atoms with E-state index in [0.29, 0.717) is 17.6 Å². The number of carbonyl (C=O) groups excluding carboxylic acids is 1. The van der Waals surface area contributed by atoms with Crippen LogP contribution in [0.15, 0.2) is 18.2 Å². The molecule has 4 aliphatic carbocycles. The van der Waals surface area contributed by atoms with E-state index < -0.39 is 0 Å². The number of ether oxygens (including phenoxy) is 1. The van der Waals surface area contributed by atoms with E-state index in [4.69, 9.17) is 10.5 Å². The zero-order valence-corrected chi connectivity index (χ0v) is 13.1. The van der Waals surface area contributed by atoms with Gasteiger partial charge >= 0.3 is 0 Å². The van der Waals surface area contributed by atoms with Crippen LogP contribution in [0.3, 0.4) is 0 Å². The van der Waals surface area contributed by atoms with Crippen molar-refractivity contribution in [3.8, 4) is 11.5 Å². The third kappa shape index (κ3) is 2.98. The number of nitrogens with two attached hydrogens (primary N) is 1. The molecule has 0 aliphatic heterocycles. The molecule has 1 aromatic rings. The van der Waals surface area contributed by atoms with Crippen molar-refractivity contribution in [2.24, 2.45) is 23.5 Å². The molecule has 4 saturated carbocycles. The predicted molar refractivity (Wildman–Crippen MR) is 85.1 cm³/mol. The van der Waals surface area contributed by atoms with Crippen molar-refractivity contribution in [2.45, 2.75) is 44.1 Å². The fourth-order valence-electron chi connectivity index (χ4n) is 4.98. The number of hydrogen-bond acceptors (Lipinski definition) is 4. The third-order valence-electron chi connectivity index (χ3n) is 5.46. The average Bonchev–Trinajstić information content (AvgIpc) is 2.45. The summed E-state index contributed by atoms with van der Waals surface area (Å²) in [7, 11) is 1.43. The molecule has 0 amide bonds. The van der Waals surface area contributed by atoms with E-state index in [1.54, 1.807) is 12.1 Å². The van der Waals surface area contributed by atoms with Crippen molar-refractivity contribution in [2.75, 3.05) is 7.11 Å². The fraction of sp³-hybridized carbons (Fsp3) is 0.611. The maximum Gasteiger partial charge on any atom is 0.168 e. The fourth-order valence-corrected chi connectivity index (χ4v) is 4.98. The van der Waals surface area contributed by atoms with Crippen LogP contribution in [0.1, 0.15) is 48.9 Å². The number of hydrogen-bond donors (Lipinski definition) is 2. The number of aldehydes is 1. The number of para-hydroxylation sites is 1. The molecule has 3 N–H and O–H groups in total. The topological polar surface area (TPSA) is 72.5 Å². The van der Waals surface area contributed by atoms with Crippen molar-refractivity contribution >= 4 is 6.29 Å². The third-order valence-corrected chi connectivity index (χ3v) is 5.46. The van der Waals surface area contributed by atoms with E-state index in [1.807, 2.05) is 0 Å². The minimum atomic E-state index is -0.106. The molecule has 1 aromatic carbocycles. The lowest BCUT2D eigenvalue weighted by Crippen LogP contribution is -2.55. The van der Waals surface area contributed by atoms with E-state index in [1.165, 1.54) is 51.7 Å². The van der Waals surface area contributed by atoms with Crippen LogP contribution >= 0.6 is 0 Å². The van der Waals surface area contributed by atoms with E-state index >= 15 is 0 Å². The zero-order valence-electron chi connectivity index (χ0n) is 13.1. The van der Waals surface area contributed by atoms with Crippen molar-refractivity contribution in [3.63, 3.8) is 0 Å². The average molecular weight is 303 g/mol. The normalized spacial score (nSPS) is 34.7. The van der Waals surface area contributed by atoms with Crippen LogP contribution in [0.5, 0.6) is 11.5 Å². The van der Waals surface area contributed by atoms with Crippen molar-refractivity contribution in [3.05, 3.63) is 23.8 Å². The molecule has 4 heteroatoms. The molecule has 0 saturated heterocycles. The Kier molecular flexibility index (Phi) is 4.13. The van der Waals surface area contributed by atoms with Gasteiger partial charge < -0.3 is 15.6 Å². The molecule has 120 valence electrons. The highest BCUT2D eigenvalue weighted by atomic mass is 16.5. The van der Waals surface area contributed by atoms with E-state index in [9.17, 15) is 9.90 Å². The standard InChI is InChI=1S/C10H17N.C8H8O3/c11-10-4-7-1-8(5-10)3-9(2-7)6-10;1-11-7-4-2-3-6(5-9)8(7)10/h7-9H,1-6,11H2;2-5,10H,1H3. The molecule has 4 aliphatic rings. The molecule has 0 unspecified atom stereocenters. The minimum absolute atomic E-state index is 0.106. The molecule has 0 heterocycles. The van der Waals surface area contributed by atoms with Crippen LogP contribution in [0.4, 0.5) is 0 Å². The Hall–Kier alpha value is -1.55. The van der Waals surface area contributed by atoms with Gasteiger partial charge in [-0.25, -0.2) is 0 Å². The van der Waals surface area contributed by atoms with Gasteiger partial charge in [-0.05, 0) is 68.4 Å². The molecule has 0 radical (unpaired) electrons. The summed E-state index contributed by atoms with van der Waals surface area (Å²) in [6, 6.07) is 4.75. The quantitative estimate of drug-likeness (QED) is 0.823. The van der Waals surface area contributed by atoms with Gasteiger partial charge in [0, 0.05) is 5.54 Å². The number of benzene rings is 1. The Balaban J connectivity index is 0.000000131. The van der Waals surface area contributed by atoms with Gasteiger partial charge in [-0.3, -0.25) is 4.79 Å². The number of phenols is 1. The van der Waals surface area contributed by atoms with Crippen molar-refractivity contribution in [1.82, 2.24) is 0 Å². The lowest BCUT2D eigenvalue weighted by Gasteiger charge is -2.55. The number of methoxy groups -OCH3 is 1. The van der Waals surface area contributed by atoms with Crippen LogP contribution in [0.2, 0.25) is 0 Å². The van der Waals surface area contributed by atoms with Crippen LogP contribution in [0.25, 0.3) is 0 Å². The van der Waals surface area contributed by atoms with Crippen LogP contribution in [-0.4, -0.2) is 24.0 Å². The zero-order chi connectivity index (χ0) is 15.7. The van der Waals surface area contributed by atoms with Crippen LogP contribution < -0.4 is 10.5 Å². The molecule has 0 atom stereocenters. The first-order chi connectivity index (χ1) is 10.5. The summed E-state index contributed by atoms with van der Waals surface area (Å²) < 4.78 is 4.78. The molecule has 4 bridgehead atoms. The first-order valence-electron chi connectivity index (χ1n) is 8.13. The highest BCUT2D eigenvalue weighted by Gasteiger charge is 2.48. The van der Waals surface area contributed by atoms with E-state index in [0.717, 1.165) is 17.8 Å². The minimum Gasteiger partial charge on any atom is -0.504 e. The maximum atomic E-state index is 10.3. The van der Waals surface area contributed by atoms with Gasteiger partial charge in [0.2, 0.25) is 0 Å². The largest absolute Gasteiger partial charge is 0.504 e. The maximum absolute atomic E-state index is 10.3. The molecular formula is C18H25NO3. The van der Waals surface area contributed by atoms with E-state index in [-0.39, 0.29) is 11.3 Å². The molecule has 0 spiro atoms. The summed E-state index contributed by atoms with van der Waals surface area (Å²) in [6.45, 7) is 0. The van der Waals surface area contributed by atoms with Gasteiger partial charge in [0.05, 0.1) is 12.7 Å². The van der Waals surface area contributed by atoms with Crippen LogP contribution in [-0.2, 0) is 0 Å². The first kappa shape index (κ1) is 15.3. The molecule has 4 fully saturated rings. The Morgan fingerprint density at radius 1 is 1.18 bits per heavy atom. The predicted octanol–water partition coefficient (Wildman–Crippen LogP) is 3.13. The second kappa shape index (κ2) is 5.92. The van der Waals surface area contributed by atoms with E-state index in [2.05, 4.69) is 0 Å². The van der Waals surface area contributed by atoms with Gasteiger partial charge in [-0.15, -0.1) is 0 Å². The van der Waals surface area contributed by atoms with Gasteiger partial charge in [-0.2, -0.15) is 0 Å². The second-order valence-corrected chi connectivity index (χ2v) is 7.30. The molecule has 5 rings (SSSR count). The Morgan fingerprint density at radius 2 is 1.73 bits per heavy atom. The summed E-state index contributed by atoms with van der Waals surface area (Å²) in [5.41, 5.74) is 6.86. The molecule has 4 nitrogen and oxygen atoms in total. The smallest absolute Gasteiger partial charge is 0.168 e. The van der Waals surface area contributed by atoms with Gasteiger partial charge in [0.15, 0.2) is 17.8 Å². The molecule has 22 heavy (non-hydrogen) atoms. The second-order valence-electron chi connectivity index (χ2n) is 7.30. The Labute approximate surface area is 131 Å². The number of phenolic OH excluding ortho intramolecular Hbond substituents is 1. The van der Waals surface area contributed by atoms with Crippen LogP contribution in [0, 0.1) is 17.8 Å². The summed E-state index contributed by atoms with van der Waals surface area (Å²) in [5, 5.41) is 9.23. The summed E-state index contributed by atoms with van der Waals surface area (Å²) >= 11 is 0. The van der Waals surface area contributed by atoms with Gasteiger partial charge in [0.25, 0.3) is 0 Å². The summed E-state index contributed by atoms with van der Waals surface area (Å²) in [4.78, 5) is 10.3. The molecular weight excluding hydrogens is 278 g/mol. The lowest BCUT2D eigenvalue weighted by molar-refractivity contribution is 0.000363. The summed E-state index contributed by atoms with van der Waals surface area (Å²) in [5.74, 6) is 3.27. The highest BCUT2D eigenvalue weighted by Crippen LogP contribution is 2.54. The monoisotopic (exact) mass is 303 g/mol. The number of rotatable bonds is 2. The molecule has 0 aromatic heterocycles. The van der Waals surface area contributed by atoms with Crippen molar-refractivity contribution in [1.29, 1.82) is 0 Å². The lowest BCUT2D eigenvalue weighted by atomic mass is 9.53.